The van der Waals surface area contributed by atoms with Gasteiger partial charge in [0.1, 0.15) is 0 Å². The van der Waals surface area contributed by atoms with E-state index < -0.39 is 0 Å². The van der Waals surface area contributed by atoms with Crippen molar-refractivity contribution in [2.45, 2.75) is 40.7 Å². The van der Waals surface area contributed by atoms with Gasteiger partial charge in [-0.3, -0.25) is 0 Å². The van der Waals surface area contributed by atoms with E-state index in [-0.39, 0.29) is 5.41 Å². The van der Waals surface area contributed by atoms with Crippen LogP contribution in [0.5, 0.6) is 11.5 Å². The van der Waals surface area contributed by atoms with Crippen LogP contribution in [-0.4, -0.2) is 20.3 Å². The maximum absolute atomic E-state index is 6.12. The van der Waals surface area contributed by atoms with Gasteiger partial charge in [-0.15, -0.1) is 0 Å². The molecule has 4 heteroatoms. The molecule has 20 heavy (non-hydrogen) atoms. The zero-order chi connectivity index (χ0) is 15.2. The van der Waals surface area contributed by atoms with E-state index in [0.29, 0.717) is 17.4 Å². The summed E-state index contributed by atoms with van der Waals surface area (Å²) in [5.41, 5.74) is 1.28. The van der Waals surface area contributed by atoms with E-state index in [1.165, 1.54) is 0 Å². The van der Waals surface area contributed by atoms with E-state index in [2.05, 4.69) is 33.0 Å². The summed E-state index contributed by atoms with van der Waals surface area (Å²) in [6.45, 7) is 11.0. The molecule has 0 bridgehead atoms. The van der Waals surface area contributed by atoms with Gasteiger partial charge in [-0.1, -0.05) is 39.3 Å². The van der Waals surface area contributed by atoms with Crippen LogP contribution in [0.4, 0.5) is 0 Å². The number of nitrogens with one attached hydrogen (secondary N) is 1. The molecule has 0 aromatic heterocycles. The standard InChI is InChI=1S/C16H26ClNO2/c1-6-18-11-12-9-13(17)10-14(19-5)15(12)20-8-7-16(2,3)4/h9-10,18H,6-8,11H2,1-5H3. The molecule has 0 saturated heterocycles. The summed E-state index contributed by atoms with van der Waals surface area (Å²) in [4.78, 5) is 0. The monoisotopic (exact) mass is 299 g/mol. The van der Waals surface area contributed by atoms with Crippen molar-refractivity contribution in [1.29, 1.82) is 0 Å². The summed E-state index contributed by atoms with van der Waals surface area (Å²) in [6.07, 6.45) is 0.986. The highest BCUT2D eigenvalue weighted by atomic mass is 35.5. The second kappa shape index (κ2) is 7.75. The summed E-state index contributed by atoms with van der Waals surface area (Å²) in [5, 5.41) is 3.96. The van der Waals surface area contributed by atoms with Crippen LogP contribution in [0.15, 0.2) is 12.1 Å². The molecule has 0 unspecified atom stereocenters. The molecule has 0 aliphatic rings. The average molecular weight is 300 g/mol. The van der Waals surface area contributed by atoms with Crippen LogP contribution in [0, 0.1) is 5.41 Å². The predicted molar refractivity (Wildman–Crippen MR) is 85.0 cm³/mol. The Labute approximate surface area is 127 Å². The first-order valence-electron chi connectivity index (χ1n) is 7.07. The third kappa shape index (κ3) is 5.59. The van der Waals surface area contributed by atoms with Gasteiger partial charge in [0.2, 0.25) is 0 Å². The van der Waals surface area contributed by atoms with E-state index in [0.717, 1.165) is 30.8 Å². The van der Waals surface area contributed by atoms with Gasteiger partial charge in [-0.2, -0.15) is 0 Å². The summed E-state index contributed by atoms with van der Waals surface area (Å²) >= 11 is 6.12. The lowest BCUT2D eigenvalue weighted by molar-refractivity contribution is 0.232. The van der Waals surface area contributed by atoms with Gasteiger partial charge in [0.05, 0.1) is 13.7 Å². The van der Waals surface area contributed by atoms with E-state index in [4.69, 9.17) is 21.1 Å². The fraction of sp³-hybridized carbons (Fsp3) is 0.625. The Morgan fingerprint density at radius 2 is 1.95 bits per heavy atom. The van der Waals surface area contributed by atoms with Crippen molar-refractivity contribution in [1.82, 2.24) is 5.32 Å². The quantitative estimate of drug-likeness (QED) is 0.815. The molecule has 0 atom stereocenters. The minimum Gasteiger partial charge on any atom is -0.493 e. The topological polar surface area (TPSA) is 30.5 Å². The van der Waals surface area contributed by atoms with Crippen LogP contribution in [0.2, 0.25) is 5.02 Å². The number of halogens is 1. The number of rotatable bonds is 7. The molecule has 1 N–H and O–H groups in total. The molecule has 0 fully saturated rings. The molecule has 0 radical (unpaired) electrons. The molecule has 0 aliphatic heterocycles. The van der Waals surface area contributed by atoms with Crippen molar-refractivity contribution in [3.05, 3.63) is 22.7 Å². The number of hydrogen-bond acceptors (Lipinski definition) is 3. The summed E-state index contributed by atoms with van der Waals surface area (Å²) in [6, 6.07) is 3.72. The van der Waals surface area contributed by atoms with Crippen LogP contribution in [0.3, 0.4) is 0 Å². The van der Waals surface area contributed by atoms with Crippen molar-refractivity contribution < 1.29 is 9.47 Å². The zero-order valence-corrected chi connectivity index (χ0v) is 13.9. The molecule has 1 aromatic carbocycles. The molecule has 114 valence electrons. The van der Waals surface area contributed by atoms with Gasteiger partial charge in [-0.05, 0) is 24.4 Å². The van der Waals surface area contributed by atoms with Crippen LogP contribution in [0.1, 0.15) is 39.7 Å². The van der Waals surface area contributed by atoms with Gasteiger partial charge in [0.15, 0.2) is 11.5 Å². The highest BCUT2D eigenvalue weighted by Gasteiger charge is 2.15. The van der Waals surface area contributed by atoms with Gasteiger partial charge < -0.3 is 14.8 Å². The van der Waals surface area contributed by atoms with Gasteiger partial charge in [-0.25, -0.2) is 0 Å². The molecular formula is C16H26ClNO2. The number of hydrogen-bond donors (Lipinski definition) is 1. The highest BCUT2D eigenvalue weighted by molar-refractivity contribution is 6.30. The van der Waals surface area contributed by atoms with Gasteiger partial charge in [0, 0.05) is 23.2 Å². The Hall–Kier alpha value is -0.930. The fourth-order valence-electron chi connectivity index (χ4n) is 1.79. The second-order valence-corrected chi connectivity index (χ2v) is 6.47. The first-order chi connectivity index (χ1) is 9.37. The number of ether oxygens (including phenoxy) is 2. The number of methoxy groups -OCH3 is 1. The van der Waals surface area contributed by atoms with Gasteiger partial charge >= 0.3 is 0 Å². The van der Waals surface area contributed by atoms with Crippen LogP contribution in [-0.2, 0) is 6.54 Å². The Morgan fingerprint density at radius 3 is 2.50 bits per heavy atom. The molecule has 0 saturated carbocycles. The molecular weight excluding hydrogens is 274 g/mol. The van der Waals surface area contributed by atoms with Crippen molar-refractivity contribution in [2.24, 2.45) is 5.41 Å². The van der Waals surface area contributed by atoms with Crippen molar-refractivity contribution in [3.8, 4) is 11.5 Å². The van der Waals surface area contributed by atoms with E-state index >= 15 is 0 Å². The van der Waals surface area contributed by atoms with Crippen LogP contribution >= 0.6 is 11.6 Å². The molecule has 1 aromatic rings. The smallest absolute Gasteiger partial charge is 0.165 e. The molecule has 0 spiro atoms. The third-order valence-electron chi connectivity index (χ3n) is 2.98. The van der Waals surface area contributed by atoms with Crippen LogP contribution in [0.25, 0.3) is 0 Å². The van der Waals surface area contributed by atoms with Crippen LogP contribution < -0.4 is 14.8 Å². The summed E-state index contributed by atoms with van der Waals surface area (Å²) in [7, 11) is 1.64. The Balaban J connectivity index is 2.89. The summed E-state index contributed by atoms with van der Waals surface area (Å²) < 4.78 is 11.4. The predicted octanol–water partition coefficient (Wildman–Crippen LogP) is 4.27. The first-order valence-corrected chi connectivity index (χ1v) is 7.45. The normalized spacial score (nSPS) is 11.5. The van der Waals surface area contributed by atoms with E-state index in [9.17, 15) is 0 Å². The third-order valence-corrected chi connectivity index (χ3v) is 3.20. The molecule has 0 heterocycles. The lowest BCUT2D eigenvalue weighted by Crippen LogP contribution is -2.15. The SMILES string of the molecule is CCNCc1cc(Cl)cc(OC)c1OCCC(C)(C)C. The zero-order valence-electron chi connectivity index (χ0n) is 13.2. The van der Waals surface area contributed by atoms with Crippen molar-refractivity contribution >= 4 is 11.6 Å². The lowest BCUT2D eigenvalue weighted by Gasteiger charge is -2.20. The Kier molecular flexibility index (Phi) is 6.63. The first kappa shape index (κ1) is 17.1. The minimum absolute atomic E-state index is 0.251. The summed E-state index contributed by atoms with van der Waals surface area (Å²) in [5.74, 6) is 1.49. The Bertz CT molecular complexity index is 427. The van der Waals surface area contributed by atoms with Crippen molar-refractivity contribution in [2.75, 3.05) is 20.3 Å². The van der Waals surface area contributed by atoms with E-state index in [1.807, 2.05) is 6.07 Å². The Morgan fingerprint density at radius 1 is 1.25 bits per heavy atom. The maximum atomic E-state index is 6.12. The van der Waals surface area contributed by atoms with E-state index in [1.54, 1.807) is 13.2 Å². The minimum atomic E-state index is 0.251. The molecule has 3 nitrogen and oxygen atoms in total. The highest BCUT2D eigenvalue weighted by Crippen LogP contribution is 2.35. The van der Waals surface area contributed by atoms with Gasteiger partial charge in [0.25, 0.3) is 0 Å². The largest absolute Gasteiger partial charge is 0.493 e. The fourth-order valence-corrected chi connectivity index (χ4v) is 2.02. The lowest BCUT2D eigenvalue weighted by atomic mass is 9.93. The average Bonchev–Trinajstić information content (AvgIpc) is 2.36. The molecule has 1 rings (SSSR count). The van der Waals surface area contributed by atoms with Crippen molar-refractivity contribution in [3.63, 3.8) is 0 Å². The number of benzene rings is 1. The maximum Gasteiger partial charge on any atom is 0.165 e. The second-order valence-electron chi connectivity index (χ2n) is 6.04. The molecule has 0 amide bonds. The molecule has 0 aliphatic carbocycles.